The van der Waals surface area contributed by atoms with Crippen molar-refractivity contribution in [1.29, 1.82) is 0 Å². The van der Waals surface area contributed by atoms with Crippen LogP contribution in [0.5, 0.6) is 0 Å². The van der Waals surface area contributed by atoms with Crippen LogP contribution in [-0.4, -0.2) is 16.2 Å². The second-order valence-electron chi connectivity index (χ2n) is 3.49. The van der Waals surface area contributed by atoms with Crippen molar-refractivity contribution in [2.75, 3.05) is 0 Å². The van der Waals surface area contributed by atoms with Crippen molar-refractivity contribution in [3.8, 4) is 0 Å². The van der Waals surface area contributed by atoms with Crippen LogP contribution in [0.4, 0.5) is 0 Å². The molecule has 2 heteroatoms. The molecule has 1 unspecified atom stereocenters. The van der Waals surface area contributed by atoms with Crippen molar-refractivity contribution in [2.24, 2.45) is 0 Å². The number of pyridine rings is 1. The summed E-state index contributed by atoms with van der Waals surface area (Å²) < 4.78 is 0. The Morgan fingerprint density at radius 3 is 2.93 bits per heavy atom. The van der Waals surface area contributed by atoms with Crippen molar-refractivity contribution in [3.63, 3.8) is 0 Å². The van der Waals surface area contributed by atoms with E-state index < -0.39 is 0 Å². The van der Waals surface area contributed by atoms with E-state index in [1.54, 1.807) is 6.20 Å². The van der Waals surface area contributed by atoms with Crippen molar-refractivity contribution in [2.45, 2.75) is 32.3 Å². The molecule has 0 bridgehead atoms. The molecule has 14 heavy (non-hydrogen) atoms. The van der Waals surface area contributed by atoms with E-state index in [9.17, 15) is 5.11 Å². The highest BCUT2D eigenvalue weighted by Gasteiger charge is 2.06. The number of nitrogens with zero attached hydrogens (tertiary/aromatic N) is 1. The van der Waals surface area contributed by atoms with Crippen molar-refractivity contribution >= 4 is 0 Å². The van der Waals surface area contributed by atoms with Gasteiger partial charge in [0.15, 0.2) is 0 Å². The van der Waals surface area contributed by atoms with Gasteiger partial charge in [0, 0.05) is 18.3 Å². The van der Waals surface area contributed by atoms with Crippen LogP contribution in [0, 0.1) is 0 Å². The second-order valence-corrected chi connectivity index (χ2v) is 3.49. The van der Waals surface area contributed by atoms with Gasteiger partial charge in [-0.25, -0.2) is 0 Å². The minimum absolute atomic E-state index is 0.350. The maximum Gasteiger partial charge on any atom is 0.0632 e. The van der Waals surface area contributed by atoms with Crippen LogP contribution in [0.25, 0.3) is 0 Å². The van der Waals surface area contributed by atoms with Crippen molar-refractivity contribution in [1.82, 2.24) is 4.98 Å². The minimum Gasteiger partial charge on any atom is -0.392 e. The fourth-order valence-electron chi connectivity index (χ4n) is 1.31. The summed E-state index contributed by atoms with van der Waals surface area (Å²) in [6.45, 7) is 5.93. The number of hydrogen-bond donors (Lipinski definition) is 1. The van der Waals surface area contributed by atoms with Gasteiger partial charge in [-0.1, -0.05) is 25.1 Å². The molecule has 0 radical (unpaired) electrons. The molecule has 1 heterocycles. The fraction of sp³-hybridized carbons (Fsp3) is 0.417. The molecular weight excluding hydrogens is 174 g/mol. The van der Waals surface area contributed by atoms with Gasteiger partial charge in [-0.3, -0.25) is 4.98 Å². The summed E-state index contributed by atoms with van der Waals surface area (Å²) in [6, 6.07) is 5.74. The normalized spacial score (nSPS) is 12.4. The Morgan fingerprint density at radius 2 is 2.36 bits per heavy atom. The average molecular weight is 191 g/mol. The monoisotopic (exact) mass is 191 g/mol. The summed E-state index contributed by atoms with van der Waals surface area (Å²) in [6.07, 6.45) is 3.61. The first-order chi connectivity index (χ1) is 6.72. The van der Waals surface area contributed by atoms with E-state index in [0.717, 1.165) is 17.7 Å². The molecule has 0 aliphatic carbocycles. The molecule has 0 amide bonds. The van der Waals surface area contributed by atoms with Crippen LogP contribution in [-0.2, 0) is 6.42 Å². The van der Waals surface area contributed by atoms with E-state index in [1.165, 1.54) is 0 Å². The Bertz CT molecular complexity index is 282. The van der Waals surface area contributed by atoms with E-state index in [0.29, 0.717) is 12.8 Å². The highest BCUT2D eigenvalue weighted by atomic mass is 16.3. The van der Waals surface area contributed by atoms with Crippen LogP contribution < -0.4 is 0 Å². The summed E-state index contributed by atoms with van der Waals surface area (Å²) in [5, 5.41) is 9.70. The van der Waals surface area contributed by atoms with Gasteiger partial charge in [0.25, 0.3) is 0 Å². The summed E-state index contributed by atoms with van der Waals surface area (Å²) in [5.74, 6) is 0. The van der Waals surface area contributed by atoms with Gasteiger partial charge in [0.05, 0.1) is 6.10 Å². The second kappa shape index (κ2) is 5.55. The van der Waals surface area contributed by atoms with E-state index in [4.69, 9.17) is 0 Å². The fourth-order valence-corrected chi connectivity index (χ4v) is 1.31. The molecule has 76 valence electrons. The molecule has 1 aromatic rings. The molecule has 1 atom stereocenters. The molecule has 1 N–H and O–H groups in total. The number of rotatable bonds is 5. The third kappa shape index (κ3) is 3.71. The lowest BCUT2D eigenvalue weighted by atomic mass is 10.0. The third-order valence-corrected chi connectivity index (χ3v) is 2.20. The number of aliphatic hydroxyl groups is 1. The van der Waals surface area contributed by atoms with Gasteiger partial charge in [0.1, 0.15) is 0 Å². The van der Waals surface area contributed by atoms with Crippen LogP contribution in [0.2, 0.25) is 0 Å². The SMILES string of the molecule is C=C(CC)CC(O)Cc1ccccn1. The summed E-state index contributed by atoms with van der Waals surface area (Å²) >= 11 is 0. The first kappa shape index (κ1) is 10.9. The zero-order valence-corrected chi connectivity index (χ0v) is 8.61. The van der Waals surface area contributed by atoms with Crippen LogP contribution >= 0.6 is 0 Å². The maximum atomic E-state index is 9.70. The van der Waals surface area contributed by atoms with E-state index >= 15 is 0 Å². The molecule has 0 fully saturated rings. The molecule has 0 aromatic carbocycles. The Balaban J connectivity index is 2.41. The summed E-state index contributed by atoms with van der Waals surface area (Å²) in [4.78, 5) is 4.16. The largest absolute Gasteiger partial charge is 0.392 e. The average Bonchev–Trinajstić information content (AvgIpc) is 2.19. The first-order valence-corrected chi connectivity index (χ1v) is 4.97. The lowest BCUT2D eigenvalue weighted by Gasteiger charge is -2.10. The lowest BCUT2D eigenvalue weighted by molar-refractivity contribution is 0.173. The Labute approximate surface area is 85.3 Å². The van der Waals surface area contributed by atoms with Gasteiger partial charge in [-0.05, 0) is 25.0 Å². The smallest absolute Gasteiger partial charge is 0.0632 e. The molecule has 2 nitrogen and oxygen atoms in total. The van der Waals surface area contributed by atoms with Gasteiger partial charge in [-0.15, -0.1) is 0 Å². The van der Waals surface area contributed by atoms with Crippen LogP contribution in [0.1, 0.15) is 25.5 Å². The zero-order chi connectivity index (χ0) is 10.4. The molecular formula is C12H17NO. The Hall–Kier alpha value is -1.15. The molecule has 1 rings (SSSR count). The van der Waals surface area contributed by atoms with Gasteiger partial charge in [-0.2, -0.15) is 0 Å². The standard InChI is InChI=1S/C12H17NO/c1-3-10(2)8-12(14)9-11-6-4-5-7-13-11/h4-7,12,14H,2-3,8-9H2,1H3. The van der Waals surface area contributed by atoms with Crippen LogP contribution in [0.3, 0.4) is 0 Å². The molecule has 0 saturated heterocycles. The summed E-state index contributed by atoms with van der Waals surface area (Å²) in [7, 11) is 0. The van der Waals surface area contributed by atoms with Gasteiger partial charge >= 0.3 is 0 Å². The first-order valence-electron chi connectivity index (χ1n) is 4.97. The molecule has 0 aliphatic heterocycles. The molecule has 1 aromatic heterocycles. The van der Waals surface area contributed by atoms with E-state index in [1.807, 2.05) is 18.2 Å². The third-order valence-electron chi connectivity index (χ3n) is 2.20. The number of aliphatic hydroxyl groups excluding tert-OH is 1. The van der Waals surface area contributed by atoms with E-state index in [2.05, 4.69) is 18.5 Å². The molecule has 0 saturated carbocycles. The highest BCUT2D eigenvalue weighted by molar-refractivity contribution is 5.06. The maximum absolute atomic E-state index is 9.70. The Morgan fingerprint density at radius 1 is 1.57 bits per heavy atom. The number of hydrogen-bond acceptors (Lipinski definition) is 2. The topological polar surface area (TPSA) is 33.1 Å². The van der Waals surface area contributed by atoms with Crippen molar-refractivity contribution < 1.29 is 5.11 Å². The minimum atomic E-state index is -0.350. The quantitative estimate of drug-likeness (QED) is 0.725. The van der Waals surface area contributed by atoms with E-state index in [-0.39, 0.29) is 6.10 Å². The predicted molar refractivity (Wildman–Crippen MR) is 58.0 cm³/mol. The highest BCUT2D eigenvalue weighted by Crippen LogP contribution is 2.10. The molecule has 0 aliphatic rings. The van der Waals surface area contributed by atoms with Gasteiger partial charge < -0.3 is 5.11 Å². The zero-order valence-electron chi connectivity index (χ0n) is 8.61. The predicted octanol–water partition coefficient (Wildman–Crippen LogP) is 2.34. The number of aromatic nitrogens is 1. The lowest BCUT2D eigenvalue weighted by Crippen LogP contribution is -2.11. The summed E-state index contributed by atoms with van der Waals surface area (Å²) in [5.41, 5.74) is 2.03. The molecule has 0 spiro atoms. The van der Waals surface area contributed by atoms with Gasteiger partial charge in [0.2, 0.25) is 0 Å². The van der Waals surface area contributed by atoms with Crippen LogP contribution in [0.15, 0.2) is 36.5 Å². The van der Waals surface area contributed by atoms with Crippen molar-refractivity contribution in [3.05, 3.63) is 42.2 Å². The Kier molecular flexibility index (Phi) is 4.33.